The second-order valence-electron chi connectivity index (χ2n) is 6.90. The number of hydrogen-bond acceptors (Lipinski definition) is 6. The molecule has 0 aromatic rings. The number of halogens is 2. The molecular formula is C15H24Cl2N4S2. The van der Waals surface area contributed by atoms with E-state index in [2.05, 4.69) is 29.5 Å². The zero-order valence-corrected chi connectivity index (χ0v) is 16.7. The fourth-order valence-electron chi connectivity index (χ4n) is 3.43. The van der Waals surface area contributed by atoms with Gasteiger partial charge in [-0.25, -0.2) is 0 Å². The number of aliphatic imine (C=N–C) groups is 2. The van der Waals surface area contributed by atoms with Gasteiger partial charge < -0.3 is 10.2 Å². The van der Waals surface area contributed by atoms with Crippen molar-refractivity contribution < 1.29 is 0 Å². The Morgan fingerprint density at radius 1 is 1.39 bits per heavy atom. The molecule has 8 heteroatoms. The van der Waals surface area contributed by atoms with E-state index < -0.39 is 0 Å². The molecule has 4 nitrogen and oxygen atoms in total. The highest BCUT2D eigenvalue weighted by molar-refractivity contribution is 8.17. The number of nitrogens with one attached hydrogen (secondary N) is 1. The Hall–Kier alpha value is -0.0400. The molecule has 1 aliphatic carbocycles. The van der Waals surface area contributed by atoms with Gasteiger partial charge in [0.15, 0.2) is 10.3 Å². The van der Waals surface area contributed by atoms with Gasteiger partial charge in [0.05, 0.1) is 11.6 Å². The number of rotatable bonds is 2. The Morgan fingerprint density at radius 3 is 3.00 bits per heavy atom. The van der Waals surface area contributed by atoms with Crippen LogP contribution in [0.4, 0.5) is 0 Å². The largest absolute Gasteiger partial charge is 0.362 e. The molecule has 130 valence electrons. The topological polar surface area (TPSA) is 40.0 Å². The predicted molar refractivity (Wildman–Crippen MR) is 107 cm³/mol. The number of nitrogens with zero attached hydrogens (tertiary/aromatic N) is 3. The highest BCUT2D eigenvalue weighted by atomic mass is 35.5. The minimum atomic E-state index is 0. The predicted octanol–water partition coefficient (Wildman–Crippen LogP) is 3.87. The van der Waals surface area contributed by atoms with Gasteiger partial charge in [0.25, 0.3) is 0 Å². The first kappa shape index (κ1) is 19.3. The quantitative estimate of drug-likeness (QED) is 0.771. The fraction of sp³-hybridized carbons (Fsp3) is 0.733. The number of amidine groups is 2. The third-order valence-corrected chi connectivity index (χ3v) is 6.30. The molecular weight excluding hydrogens is 371 g/mol. The monoisotopic (exact) mass is 394 g/mol. The Morgan fingerprint density at radius 2 is 2.22 bits per heavy atom. The van der Waals surface area contributed by atoms with Gasteiger partial charge in [0.1, 0.15) is 0 Å². The third-order valence-electron chi connectivity index (χ3n) is 4.45. The molecule has 0 unspecified atom stereocenters. The summed E-state index contributed by atoms with van der Waals surface area (Å²) < 4.78 is 0. The maximum absolute atomic E-state index is 4.86. The van der Waals surface area contributed by atoms with Gasteiger partial charge in [-0.05, 0) is 44.9 Å². The maximum Gasteiger partial charge on any atom is 0.168 e. The molecule has 4 rings (SSSR count). The lowest BCUT2D eigenvalue weighted by Crippen LogP contribution is -2.43. The van der Waals surface area contributed by atoms with E-state index in [1.807, 2.05) is 11.8 Å². The average molecular weight is 395 g/mol. The molecule has 3 aliphatic heterocycles. The molecule has 1 N–H and O–H groups in total. The lowest BCUT2D eigenvalue weighted by molar-refractivity contribution is 0.355. The van der Waals surface area contributed by atoms with Crippen LogP contribution in [0.25, 0.3) is 0 Å². The lowest BCUT2D eigenvalue weighted by Gasteiger charge is -2.33. The minimum Gasteiger partial charge on any atom is -0.362 e. The molecule has 0 aromatic carbocycles. The van der Waals surface area contributed by atoms with Crippen LogP contribution in [0.5, 0.6) is 0 Å². The molecule has 0 radical (unpaired) electrons. The Labute approximate surface area is 159 Å². The zero-order chi connectivity index (χ0) is 14.4. The summed E-state index contributed by atoms with van der Waals surface area (Å²) in [5, 5.41) is 8.20. The summed E-state index contributed by atoms with van der Waals surface area (Å²) in [5.74, 6) is 0.993. The summed E-state index contributed by atoms with van der Waals surface area (Å²) >= 11 is 3.63. The van der Waals surface area contributed by atoms with Gasteiger partial charge in [0.2, 0.25) is 0 Å². The van der Waals surface area contributed by atoms with Crippen LogP contribution in [-0.2, 0) is 0 Å². The molecule has 0 amide bonds. The summed E-state index contributed by atoms with van der Waals surface area (Å²) in [6.45, 7) is 5.42. The highest BCUT2D eigenvalue weighted by Gasteiger charge is 2.36. The van der Waals surface area contributed by atoms with Crippen LogP contribution in [0.3, 0.4) is 0 Å². The van der Waals surface area contributed by atoms with E-state index in [0.717, 1.165) is 17.5 Å². The summed E-state index contributed by atoms with van der Waals surface area (Å²) in [4.78, 5) is 12.0. The molecule has 0 saturated heterocycles. The van der Waals surface area contributed by atoms with Crippen molar-refractivity contribution in [3.05, 3.63) is 11.1 Å². The van der Waals surface area contributed by atoms with Crippen LogP contribution >= 0.6 is 48.3 Å². The Balaban J connectivity index is 0.000000960. The van der Waals surface area contributed by atoms with Crippen molar-refractivity contribution in [2.75, 3.05) is 12.3 Å². The van der Waals surface area contributed by atoms with Crippen molar-refractivity contribution in [1.82, 2.24) is 10.2 Å². The summed E-state index contributed by atoms with van der Waals surface area (Å²) in [5.41, 5.74) is 1.44. The average Bonchev–Trinajstić information content (AvgIpc) is 2.91. The second-order valence-corrected chi connectivity index (χ2v) is 8.71. The Kier molecular flexibility index (Phi) is 6.26. The maximum atomic E-state index is 4.86. The van der Waals surface area contributed by atoms with Crippen molar-refractivity contribution in [1.29, 1.82) is 0 Å². The molecule has 0 aromatic heterocycles. The van der Waals surface area contributed by atoms with Gasteiger partial charge in [-0.3, -0.25) is 9.98 Å². The van der Waals surface area contributed by atoms with E-state index >= 15 is 0 Å². The first-order chi connectivity index (χ1) is 10.1. The number of fused-ring (bicyclic) bond motifs is 3. The summed E-state index contributed by atoms with van der Waals surface area (Å²) in [7, 11) is 0. The van der Waals surface area contributed by atoms with Gasteiger partial charge >= 0.3 is 0 Å². The SMILES string of the molecule is CC1(C)CN2C(CSC3=N[C@@H]4CCC[C@@H](C4)N3)=CSC2=N1.Cl.Cl. The van der Waals surface area contributed by atoms with E-state index in [1.165, 1.54) is 36.5 Å². The van der Waals surface area contributed by atoms with E-state index in [0.29, 0.717) is 12.1 Å². The van der Waals surface area contributed by atoms with Gasteiger partial charge in [-0.2, -0.15) is 0 Å². The Bertz CT molecular complexity index is 548. The van der Waals surface area contributed by atoms with Crippen LogP contribution in [0.15, 0.2) is 21.1 Å². The molecule has 0 spiro atoms. The van der Waals surface area contributed by atoms with Crippen LogP contribution in [0, 0.1) is 0 Å². The van der Waals surface area contributed by atoms with E-state index in [9.17, 15) is 0 Å². The molecule has 23 heavy (non-hydrogen) atoms. The standard InChI is InChI=1S/C15H22N4S2.2ClH/c1-15(2)9-19-12(8-21-14(19)18-15)7-20-13-16-10-4-3-5-11(6-10)17-13;;/h8,10-11H,3-7,9H2,1-2H3,(H,16,17);2*1H/t10-,11+;;. The molecule has 2 atom stereocenters. The molecule has 3 heterocycles. The first-order valence-electron chi connectivity index (χ1n) is 7.79. The lowest BCUT2D eigenvalue weighted by atomic mass is 9.90. The normalized spacial score (nSPS) is 30.2. The number of thioether (sulfide) groups is 2. The van der Waals surface area contributed by atoms with E-state index in [1.54, 1.807) is 11.8 Å². The van der Waals surface area contributed by atoms with Crippen molar-refractivity contribution in [3.63, 3.8) is 0 Å². The van der Waals surface area contributed by atoms with Crippen molar-refractivity contribution in [2.45, 2.75) is 57.2 Å². The first-order valence-corrected chi connectivity index (χ1v) is 9.66. The molecule has 1 fully saturated rings. The van der Waals surface area contributed by atoms with Crippen LogP contribution in [0.2, 0.25) is 0 Å². The molecule has 4 aliphatic rings. The van der Waals surface area contributed by atoms with Crippen LogP contribution < -0.4 is 5.32 Å². The van der Waals surface area contributed by atoms with Gasteiger partial charge in [0, 0.05) is 24.0 Å². The van der Waals surface area contributed by atoms with Crippen molar-refractivity contribution in [3.8, 4) is 0 Å². The van der Waals surface area contributed by atoms with Crippen molar-refractivity contribution in [2.24, 2.45) is 9.98 Å². The van der Waals surface area contributed by atoms with Crippen LogP contribution in [0.1, 0.15) is 39.5 Å². The zero-order valence-electron chi connectivity index (χ0n) is 13.4. The number of hydrogen-bond donors (Lipinski definition) is 1. The van der Waals surface area contributed by atoms with Crippen LogP contribution in [-0.4, -0.2) is 45.2 Å². The summed E-state index contributed by atoms with van der Waals surface area (Å²) in [6, 6.07) is 1.24. The fourth-order valence-corrected chi connectivity index (χ4v) is 5.59. The highest BCUT2D eigenvalue weighted by Crippen LogP contribution is 2.37. The van der Waals surface area contributed by atoms with E-state index in [-0.39, 0.29) is 30.4 Å². The molecule has 2 bridgehead atoms. The minimum absolute atomic E-state index is 0. The second kappa shape index (κ2) is 7.46. The summed E-state index contributed by atoms with van der Waals surface area (Å²) in [6.07, 6.45) is 5.15. The smallest absolute Gasteiger partial charge is 0.168 e. The van der Waals surface area contributed by atoms with Gasteiger partial charge in [-0.15, -0.1) is 24.8 Å². The molecule has 1 saturated carbocycles. The third kappa shape index (κ3) is 4.14. The van der Waals surface area contributed by atoms with Crippen molar-refractivity contribution >= 4 is 58.7 Å². The van der Waals surface area contributed by atoms with Gasteiger partial charge in [-0.1, -0.05) is 23.5 Å². The van der Waals surface area contributed by atoms with E-state index in [4.69, 9.17) is 9.98 Å².